The summed E-state index contributed by atoms with van der Waals surface area (Å²) in [6.45, 7) is 6.90. The molecule has 2 nitrogen and oxygen atoms in total. The van der Waals surface area contributed by atoms with E-state index in [1.54, 1.807) is 6.26 Å². The van der Waals surface area contributed by atoms with Crippen LogP contribution in [0.15, 0.2) is 22.8 Å². The lowest BCUT2D eigenvalue weighted by molar-refractivity contribution is -0.118. The molecule has 0 atom stereocenters. The Bertz CT molecular complexity index is 296. The first kappa shape index (κ1) is 12.2. The van der Waals surface area contributed by atoms with Gasteiger partial charge in [0.25, 0.3) is 0 Å². The molecule has 0 spiro atoms. The fraction of sp³-hybridized carbons (Fsp3) is 0.583. The molecular formula is C12H20O2Si. The third-order valence-corrected chi connectivity index (χ3v) is 4.13. The van der Waals surface area contributed by atoms with Crippen LogP contribution in [0.2, 0.25) is 25.7 Å². The van der Waals surface area contributed by atoms with Gasteiger partial charge in [-0.05, 0) is 12.1 Å². The van der Waals surface area contributed by atoms with Crippen molar-refractivity contribution in [1.29, 1.82) is 0 Å². The van der Waals surface area contributed by atoms with E-state index in [1.807, 2.05) is 12.1 Å². The maximum absolute atomic E-state index is 11.6. The number of hydrogen-bond acceptors (Lipinski definition) is 2. The Morgan fingerprint density at radius 2 is 2.07 bits per heavy atom. The fourth-order valence-electron chi connectivity index (χ4n) is 1.36. The third-order valence-electron chi connectivity index (χ3n) is 2.38. The highest BCUT2D eigenvalue weighted by Crippen LogP contribution is 2.13. The molecule has 1 aromatic heterocycles. The predicted molar refractivity (Wildman–Crippen MR) is 64.8 cm³/mol. The van der Waals surface area contributed by atoms with Crippen molar-refractivity contribution < 1.29 is 9.21 Å². The Kier molecular flexibility index (Phi) is 4.33. The second kappa shape index (κ2) is 5.31. The molecule has 0 saturated heterocycles. The summed E-state index contributed by atoms with van der Waals surface area (Å²) in [5.41, 5.74) is 0. The van der Waals surface area contributed by atoms with Crippen LogP contribution >= 0.6 is 0 Å². The first-order chi connectivity index (χ1) is 6.97. The summed E-state index contributed by atoms with van der Waals surface area (Å²) < 4.78 is 5.19. The van der Waals surface area contributed by atoms with Crippen molar-refractivity contribution in [2.24, 2.45) is 0 Å². The van der Waals surface area contributed by atoms with E-state index in [4.69, 9.17) is 4.42 Å². The van der Waals surface area contributed by atoms with Crippen molar-refractivity contribution in [3.05, 3.63) is 24.2 Å². The highest BCUT2D eigenvalue weighted by Gasteiger charge is 2.15. The molecule has 0 unspecified atom stereocenters. The number of hydrogen-bond donors (Lipinski definition) is 0. The van der Waals surface area contributed by atoms with Crippen molar-refractivity contribution >= 4 is 13.9 Å². The number of carbonyl (C=O) groups is 1. The van der Waals surface area contributed by atoms with Gasteiger partial charge in [-0.25, -0.2) is 0 Å². The van der Waals surface area contributed by atoms with Crippen LogP contribution in [0.3, 0.4) is 0 Å². The molecule has 0 radical (unpaired) electrons. The second-order valence-electron chi connectivity index (χ2n) is 5.18. The molecule has 0 aliphatic rings. The number of rotatable bonds is 6. The molecule has 0 N–H and O–H groups in total. The van der Waals surface area contributed by atoms with Crippen molar-refractivity contribution in [2.45, 2.75) is 44.9 Å². The van der Waals surface area contributed by atoms with Crippen LogP contribution in [0, 0.1) is 0 Å². The normalized spacial score (nSPS) is 11.7. The van der Waals surface area contributed by atoms with Crippen LogP contribution in [-0.2, 0) is 11.2 Å². The SMILES string of the molecule is C[Si](C)(C)CCC(=O)CCc1ccco1. The van der Waals surface area contributed by atoms with E-state index in [1.165, 1.54) is 0 Å². The molecule has 0 bridgehead atoms. The molecule has 3 heteroatoms. The minimum absolute atomic E-state index is 0.369. The second-order valence-corrected chi connectivity index (χ2v) is 10.8. The van der Waals surface area contributed by atoms with Crippen LogP contribution in [0.25, 0.3) is 0 Å². The largest absolute Gasteiger partial charge is 0.469 e. The summed E-state index contributed by atoms with van der Waals surface area (Å²) in [5.74, 6) is 1.28. The van der Waals surface area contributed by atoms with Gasteiger partial charge >= 0.3 is 0 Å². The number of carbonyl (C=O) groups excluding carboxylic acids is 1. The van der Waals surface area contributed by atoms with E-state index < -0.39 is 8.07 Å². The van der Waals surface area contributed by atoms with Gasteiger partial charge in [0.15, 0.2) is 0 Å². The van der Waals surface area contributed by atoms with Crippen LogP contribution in [0.1, 0.15) is 18.6 Å². The van der Waals surface area contributed by atoms with Gasteiger partial charge < -0.3 is 4.42 Å². The van der Waals surface area contributed by atoms with E-state index in [2.05, 4.69) is 19.6 Å². The maximum Gasteiger partial charge on any atom is 0.133 e. The summed E-state index contributed by atoms with van der Waals surface area (Å²) in [6.07, 6.45) is 3.77. The first-order valence-electron chi connectivity index (χ1n) is 5.51. The van der Waals surface area contributed by atoms with Crippen LogP contribution < -0.4 is 0 Å². The van der Waals surface area contributed by atoms with Gasteiger partial charge in [0.2, 0.25) is 0 Å². The number of furan rings is 1. The van der Waals surface area contributed by atoms with Crippen molar-refractivity contribution in [3.8, 4) is 0 Å². The van der Waals surface area contributed by atoms with Gasteiger partial charge in [-0.1, -0.05) is 25.7 Å². The predicted octanol–water partition coefficient (Wildman–Crippen LogP) is 3.51. The molecule has 84 valence electrons. The van der Waals surface area contributed by atoms with Gasteiger partial charge in [-0.3, -0.25) is 4.79 Å². The Morgan fingerprint density at radius 1 is 1.33 bits per heavy atom. The van der Waals surface area contributed by atoms with Crippen molar-refractivity contribution in [2.75, 3.05) is 0 Å². The highest BCUT2D eigenvalue weighted by molar-refractivity contribution is 6.76. The van der Waals surface area contributed by atoms with Gasteiger partial charge in [-0.15, -0.1) is 0 Å². The van der Waals surface area contributed by atoms with Crippen LogP contribution in [0.4, 0.5) is 0 Å². The fourth-order valence-corrected chi connectivity index (χ4v) is 2.39. The Hall–Kier alpha value is -0.833. The van der Waals surface area contributed by atoms with Crippen LogP contribution in [0.5, 0.6) is 0 Å². The van der Waals surface area contributed by atoms with Gasteiger partial charge in [-0.2, -0.15) is 0 Å². The van der Waals surface area contributed by atoms with Gasteiger partial charge in [0.05, 0.1) is 6.26 Å². The molecule has 0 amide bonds. The zero-order valence-electron chi connectivity index (χ0n) is 9.88. The summed E-state index contributed by atoms with van der Waals surface area (Å²) in [4.78, 5) is 11.6. The molecule has 0 aliphatic heterocycles. The molecule has 1 rings (SSSR count). The first-order valence-corrected chi connectivity index (χ1v) is 9.22. The molecule has 1 heterocycles. The lowest BCUT2D eigenvalue weighted by atomic mass is 10.1. The standard InChI is InChI=1S/C12H20O2Si/c1-15(2,3)10-8-11(13)6-7-12-5-4-9-14-12/h4-5,9H,6-8,10H2,1-3H3. The van der Waals surface area contributed by atoms with E-state index >= 15 is 0 Å². The summed E-state index contributed by atoms with van der Waals surface area (Å²) >= 11 is 0. The summed E-state index contributed by atoms with van der Waals surface area (Å²) in [6, 6.07) is 4.89. The lowest BCUT2D eigenvalue weighted by Crippen LogP contribution is -2.20. The van der Waals surface area contributed by atoms with Crippen LogP contribution in [-0.4, -0.2) is 13.9 Å². The molecular weight excluding hydrogens is 204 g/mol. The van der Waals surface area contributed by atoms with E-state index in [0.29, 0.717) is 12.2 Å². The van der Waals surface area contributed by atoms with E-state index in [9.17, 15) is 4.79 Å². The number of Topliss-reactive ketones (excluding diaryl/α,β-unsaturated/α-hetero) is 1. The average molecular weight is 224 g/mol. The molecule has 0 aromatic carbocycles. The quantitative estimate of drug-likeness (QED) is 0.692. The third kappa shape index (κ3) is 5.57. The molecule has 0 aliphatic carbocycles. The Balaban J connectivity index is 2.20. The molecule has 15 heavy (non-hydrogen) atoms. The minimum atomic E-state index is -1.06. The highest BCUT2D eigenvalue weighted by atomic mass is 28.3. The number of ketones is 1. The molecule has 1 aromatic rings. The zero-order chi connectivity index (χ0) is 11.3. The Labute approximate surface area is 92.7 Å². The van der Waals surface area contributed by atoms with Crippen molar-refractivity contribution in [3.63, 3.8) is 0 Å². The molecule has 0 saturated carbocycles. The zero-order valence-corrected chi connectivity index (χ0v) is 10.9. The molecule has 0 fully saturated rings. The Morgan fingerprint density at radius 3 is 2.60 bits per heavy atom. The maximum atomic E-state index is 11.6. The number of aryl methyl sites for hydroxylation is 1. The lowest BCUT2D eigenvalue weighted by Gasteiger charge is -2.14. The monoisotopic (exact) mass is 224 g/mol. The van der Waals surface area contributed by atoms with Gasteiger partial charge in [0.1, 0.15) is 11.5 Å². The smallest absolute Gasteiger partial charge is 0.133 e. The minimum Gasteiger partial charge on any atom is -0.469 e. The summed E-state index contributed by atoms with van der Waals surface area (Å²) in [7, 11) is -1.06. The van der Waals surface area contributed by atoms with Gasteiger partial charge in [0, 0.05) is 27.3 Å². The summed E-state index contributed by atoms with van der Waals surface area (Å²) in [5, 5.41) is 0. The van der Waals surface area contributed by atoms with E-state index in [0.717, 1.165) is 24.6 Å². The average Bonchev–Trinajstić information content (AvgIpc) is 2.62. The topological polar surface area (TPSA) is 30.2 Å². The van der Waals surface area contributed by atoms with Crippen molar-refractivity contribution in [1.82, 2.24) is 0 Å². The van der Waals surface area contributed by atoms with E-state index in [-0.39, 0.29) is 0 Å².